The molecule has 0 saturated heterocycles. The van der Waals surface area contributed by atoms with E-state index in [4.69, 9.17) is 9.29 Å². The van der Waals surface area contributed by atoms with Crippen LogP contribution >= 0.6 is 0 Å². The van der Waals surface area contributed by atoms with E-state index in [1.165, 1.54) is 4.80 Å². The molecule has 0 saturated carbocycles. The molecule has 108 valence electrons. The molecular formula is C13H12N4O3S. The molecule has 0 bridgehead atoms. The molecule has 0 amide bonds. The van der Waals surface area contributed by atoms with E-state index in [2.05, 4.69) is 14.9 Å². The van der Waals surface area contributed by atoms with Gasteiger partial charge in [-0.2, -0.15) is 4.80 Å². The number of hydrogen-bond donors (Lipinski definition) is 2. The van der Waals surface area contributed by atoms with Gasteiger partial charge in [0.1, 0.15) is 16.8 Å². The molecule has 0 aliphatic carbocycles. The fourth-order valence-electron chi connectivity index (χ4n) is 1.90. The van der Waals surface area contributed by atoms with Gasteiger partial charge in [0.15, 0.2) is 0 Å². The molecule has 1 atom stereocenters. The van der Waals surface area contributed by atoms with Crippen molar-refractivity contribution in [3.63, 3.8) is 0 Å². The first-order valence-corrected chi connectivity index (χ1v) is 7.15. The Balaban J connectivity index is 1.94. The normalized spacial score (nSPS) is 12.3. The van der Waals surface area contributed by atoms with Gasteiger partial charge in [-0.05, 0) is 36.4 Å². The summed E-state index contributed by atoms with van der Waals surface area (Å²) in [5, 5.41) is 8.75. The highest BCUT2D eigenvalue weighted by Crippen LogP contribution is 2.19. The van der Waals surface area contributed by atoms with E-state index in [9.17, 15) is 4.21 Å². The first-order valence-electron chi connectivity index (χ1n) is 6.05. The topological polar surface area (TPSA) is 89.3 Å². The summed E-state index contributed by atoms with van der Waals surface area (Å²) in [5.41, 5.74) is 2.78. The summed E-state index contributed by atoms with van der Waals surface area (Å²) in [5.74, 6) is 0.722. The molecule has 1 unspecified atom stereocenters. The molecule has 0 aliphatic heterocycles. The molecule has 1 heterocycles. The molecule has 3 rings (SSSR count). The van der Waals surface area contributed by atoms with Crippen molar-refractivity contribution in [2.24, 2.45) is 0 Å². The Kier molecular flexibility index (Phi) is 3.55. The van der Waals surface area contributed by atoms with Crippen molar-refractivity contribution in [2.45, 2.75) is 0 Å². The van der Waals surface area contributed by atoms with Gasteiger partial charge in [-0.15, -0.1) is 10.2 Å². The average Bonchev–Trinajstić information content (AvgIpc) is 2.90. The fraction of sp³-hybridized carbons (Fsp3) is 0.0769. The summed E-state index contributed by atoms with van der Waals surface area (Å²) in [6.45, 7) is 0. The second-order valence-electron chi connectivity index (χ2n) is 4.24. The van der Waals surface area contributed by atoms with Crippen LogP contribution in [0.4, 0.5) is 5.69 Å². The van der Waals surface area contributed by atoms with Crippen LogP contribution in [0.25, 0.3) is 16.7 Å². The van der Waals surface area contributed by atoms with Gasteiger partial charge in [-0.25, -0.2) is 4.21 Å². The number of benzene rings is 2. The predicted molar refractivity (Wildman–Crippen MR) is 79.8 cm³/mol. The number of nitrogens with zero attached hydrogens (tertiary/aromatic N) is 3. The molecule has 2 aromatic carbocycles. The van der Waals surface area contributed by atoms with Crippen LogP contribution in [0.5, 0.6) is 5.75 Å². The number of methoxy groups -OCH3 is 1. The van der Waals surface area contributed by atoms with E-state index in [0.717, 1.165) is 22.5 Å². The highest BCUT2D eigenvalue weighted by Gasteiger charge is 2.06. The number of ether oxygens (including phenoxy) is 1. The number of anilines is 1. The third-order valence-electron chi connectivity index (χ3n) is 2.89. The third-order valence-corrected chi connectivity index (χ3v) is 3.30. The number of nitrogens with one attached hydrogen (secondary N) is 1. The maximum absolute atomic E-state index is 10.7. The van der Waals surface area contributed by atoms with Crippen LogP contribution in [0.2, 0.25) is 0 Å². The van der Waals surface area contributed by atoms with Gasteiger partial charge in [0.05, 0.1) is 12.8 Å². The zero-order chi connectivity index (χ0) is 14.8. The second kappa shape index (κ2) is 5.51. The van der Waals surface area contributed by atoms with Crippen LogP contribution < -0.4 is 9.46 Å². The molecule has 0 aliphatic rings. The number of aromatic nitrogens is 3. The average molecular weight is 304 g/mol. The van der Waals surface area contributed by atoms with E-state index >= 15 is 0 Å². The van der Waals surface area contributed by atoms with Crippen LogP contribution in [0.15, 0.2) is 42.5 Å². The first-order chi connectivity index (χ1) is 10.2. The zero-order valence-corrected chi connectivity index (χ0v) is 11.9. The molecule has 21 heavy (non-hydrogen) atoms. The number of rotatable bonds is 4. The number of hydrogen-bond acceptors (Lipinski definition) is 4. The van der Waals surface area contributed by atoms with E-state index in [1.54, 1.807) is 31.4 Å². The van der Waals surface area contributed by atoms with Gasteiger partial charge in [0, 0.05) is 11.8 Å². The van der Waals surface area contributed by atoms with Crippen molar-refractivity contribution in [1.29, 1.82) is 0 Å². The van der Waals surface area contributed by atoms with Gasteiger partial charge >= 0.3 is 0 Å². The van der Waals surface area contributed by atoms with Crippen molar-refractivity contribution in [2.75, 3.05) is 11.8 Å². The van der Waals surface area contributed by atoms with E-state index < -0.39 is 11.3 Å². The Hall–Kier alpha value is -2.45. The lowest BCUT2D eigenvalue weighted by Gasteiger charge is -2.02. The van der Waals surface area contributed by atoms with Crippen LogP contribution in [0, 0.1) is 0 Å². The molecular weight excluding hydrogens is 292 g/mol. The maximum atomic E-state index is 10.7. The highest BCUT2D eigenvalue weighted by molar-refractivity contribution is 7.80. The fourth-order valence-corrected chi connectivity index (χ4v) is 2.24. The lowest BCUT2D eigenvalue weighted by Crippen LogP contribution is -2.03. The monoisotopic (exact) mass is 304 g/mol. The molecule has 0 fully saturated rings. The number of fused-ring (bicyclic) bond motifs is 1. The molecule has 1 aromatic heterocycles. The predicted octanol–water partition coefficient (Wildman–Crippen LogP) is 1.98. The molecule has 0 radical (unpaired) electrons. The zero-order valence-electron chi connectivity index (χ0n) is 11.1. The minimum atomic E-state index is -2.09. The molecule has 0 spiro atoms. The third kappa shape index (κ3) is 2.86. The van der Waals surface area contributed by atoms with Crippen molar-refractivity contribution in [3.8, 4) is 11.4 Å². The quantitative estimate of drug-likeness (QED) is 0.719. The Bertz CT molecular complexity index is 801. The van der Waals surface area contributed by atoms with Crippen LogP contribution in [-0.2, 0) is 11.3 Å². The Morgan fingerprint density at radius 2 is 1.86 bits per heavy atom. The second-order valence-corrected chi connectivity index (χ2v) is 4.94. The Morgan fingerprint density at radius 3 is 2.52 bits per heavy atom. The smallest absolute Gasteiger partial charge is 0.259 e. The highest BCUT2D eigenvalue weighted by atomic mass is 32.2. The summed E-state index contributed by atoms with van der Waals surface area (Å²) in [6, 6.07) is 12.3. The summed E-state index contributed by atoms with van der Waals surface area (Å²) in [7, 11) is 1.60. The van der Waals surface area contributed by atoms with Crippen molar-refractivity contribution >= 4 is 28.0 Å². The lowest BCUT2D eigenvalue weighted by atomic mass is 10.3. The van der Waals surface area contributed by atoms with E-state index in [0.29, 0.717) is 5.69 Å². The lowest BCUT2D eigenvalue weighted by molar-refractivity contribution is 0.415. The Morgan fingerprint density at radius 1 is 1.14 bits per heavy atom. The van der Waals surface area contributed by atoms with Gasteiger partial charge in [0.2, 0.25) is 0 Å². The van der Waals surface area contributed by atoms with Crippen molar-refractivity contribution < 1.29 is 13.5 Å². The summed E-state index contributed by atoms with van der Waals surface area (Å²) in [6.07, 6.45) is 0. The van der Waals surface area contributed by atoms with Gasteiger partial charge in [-0.3, -0.25) is 9.27 Å². The molecule has 2 N–H and O–H groups in total. The van der Waals surface area contributed by atoms with E-state index in [-0.39, 0.29) is 0 Å². The van der Waals surface area contributed by atoms with Crippen LogP contribution in [0.3, 0.4) is 0 Å². The van der Waals surface area contributed by atoms with Crippen molar-refractivity contribution in [3.05, 3.63) is 42.5 Å². The van der Waals surface area contributed by atoms with Gasteiger partial charge < -0.3 is 4.74 Å². The maximum Gasteiger partial charge on any atom is 0.259 e. The summed E-state index contributed by atoms with van der Waals surface area (Å²) >= 11 is -2.09. The largest absolute Gasteiger partial charge is 0.497 e. The Labute approximate surface area is 123 Å². The summed E-state index contributed by atoms with van der Waals surface area (Å²) in [4.78, 5) is 1.50. The summed E-state index contributed by atoms with van der Waals surface area (Å²) < 4.78 is 27.0. The van der Waals surface area contributed by atoms with Crippen molar-refractivity contribution in [1.82, 2.24) is 15.0 Å². The molecule has 3 aromatic rings. The SMILES string of the molecule is COc1ccc2nn(-c3ccc(NS(=O)O)cc3)nc2c1. The van der Waals surface area contributed by atoms with Gasteiger partial charge in [0.25, 0.3) is 11.3 Å². The van der Waals surface area contributed by atoms with Crippen LogP contribution in [0.1, 0.15) is 0 Å². The molecule has 8 heteroatoms. The minimum absolute atomic E-state index is 0.540. The first kappa shape index (κ1) is 13.5. The van der Waals surface area contributed by atoms with Gasteiger partial charge in [-0.1, -0.05) is 0 Å². The molecule has 7 nitrogen and oxygen atoms in total. The van der Waals surface area contributed by atoms with E-state index in [1.807, 2.05) is 18.2 Å². The standard InChI is InChI=1S/C13H12N4O3S/c1-20-11-6-7-12-13(8-11)15-17(14-12)10-4-2-9(3-5-10)16-21(18)19/h2-8,16H,1H3,(H,18,19). The minimum Gasteiger partial charge on any atom is -0.497 e. The van der Waals surface area contributed by atoms with Crippen LogP contribution in [-0.4, -0.2) is 30.9 Å².